The van der Waals surface area contributed by atoms with Crippen LogP contribution in [-0.4, -0.2) is 25.1 Å². The van der Waals surface area contributed by atoms with Crippen LogP contribution in [0.4, 0.5) is 0 Å². The van der Waals surface area contributed by atoms with Crippen LogP contribution in [0, 0.1) is 13.8 Å². The minimum absolute atomic E-state index is 0.00709. The van der Waals surface area contributed by atoms with Crippen LogP contribution < -0.4 is 10.9 Å². The molecule has 1 N–H and O–H groups in total. The predicted molar refractivity (Wildman–Crippen MR) is 124 cm³/mol. The highest BCUT2D eigenvalue weighted by molar-refractivity contribution is 5.76. The van der Waals surface area contributed by atoms with Gasteiger partial charge >= 0.3 is 5.56 Å². The Labute approximate surface area is 186 Å². The summed E-state index contributed by atoms with van der Waals surface area (Å²) in [5.41, 5.74) is 4.13. The molecule has 0 aliphatic rings. The summed E-state index contributed by atoms with van der Waals surface area (Å²) in [6.07, 6.45) is 5.10. The maximum absolute atomic E-state index is 13.0. The summed E-state index contributed by atoms with van der Waals surface area (Å²) >= 11 is 0. The fraction of sp³-hybridized carbons (Fsp3) is 0.280. The number of benzene rings is 2. The minimum Gasteiger partial charge on any atom is -0.350 e. The highest BCUT2D eigenvalue weighted by Crippen LogP contribution is 2.14. The molecule has 0 fully saturated rings. The van der Waals surface area contributed by atoms with Crippen LogP contribution in [0.5, 0.6) is 0 Å². The molecule has 0 aliphatic carbocycles. The van der Waals surface area contributed by atoms with Gasteiger partial charge in [-0.1, -0.05) is 36.4 Å². The molecule has 0 bridgehead atoms. The zero-order chi connectivity index (χ0) is 22.7. The zero-order valence-corrected chi connectivity index (χ0v) is 18.6. The van der Waals surface area contributed by atoms with Crippen LogP contribution in [0.25, 0.3) is 11.3 Å². The third-order valence-electron chi connectivity index (χ3n) is 5.51. The molecule has 7 nitrogen and oxygen atoms in total. The topological polar surface area (TPSA) is 81.3 Å². The normalized spacial score (nSPS) is 12.1. The number of nitrogens with zero attached hydrogens (tertiary/aromatic N) is 4. The van der Waals surface area contributed by atoms with Gasteiger partial charge in [0.1, 0.15) is 5.82 Å². The maximum Gasteiger partial charge on any atom is 0.300 e. The lowest BCUT2D eigenvalue weighted by Gasteiger charge is -2.14. The lowest BCUT2D eigenvalue weighted by Crippen LogP contribution is -2.26. The number of fused-ring (bicyclic) bond motifs is 1. The first-order chi connectivity index (χ1) is 15.4. The molecule has 164 valence electrons. The number of aryl methyl sites for hydroxylation is 3. The van der Waals surface area contributed by atoms with E-state index in [4.69, 9.17) is 0 Å². The standard InChI is InChI=1S/C25H27N5O2/c1-17-14-18(2)16-21(15-17)29-12-13-30-22(27-28-24(30)25(29)32)10-7-11-23(31)26-19(3)20-8-5-4-6-9-20/h4-6,8-9,12-16,19H,7,10-11H2,1-3H3,(H,26,31)/t19-/m0/s1. The van der Waals surface area contributed by atoms with Gasteiger partial charge in [-0.15, -0.1) is 10.2 Å². The first-order valence-corrected chi connectivity index (χ1v) is 10.8. The highest BCUT2D eigenvalue weighted by Gasteiger charge is 2.13. The molecule has 0 saturated carbocycles. The molecule has 32 heavy (non-hydrogen) atoms. The Morgan fingerprint density at radius 2 is 1.75 bits per heavy atom. The molecule has 2 heterocycles. The van der Waals surface area contributed by atoms with Crippen molar-refractivity contribution in [3.63, 3.8) is 0 Å². The molecule has 0 spiro atoms. The second-order valence-corrected chi connectivity index (χ2v) is 8.18. The molecule has 2 aromatic carbocycles. The predicted octanol–water partition coefficient (Wildman–Crippen LogP) is 3.70. The van der Waals surface area contributed by atoms with Gasteiger partial charge in [0.15, 0.2) is 0 Å². The van der Waals surface area contributed by atoms with Crippen molar-refractivity contribution in [3.05, 3.63) is 93.8 Å². The number of hydrogen-bond acceptors (Lipinski definition) is 4. The molecule has 1 atom stereocenters. The van der Waals surface area contributed by atoms with Gasteiger partial charge in [-0.25, -0.2) is 0 Å². The second-order valence-electron chi connectivity index (χ2n) is 8.18. The van der Waals surface area contributed by atoms with Gasteiger partial charge in [0, 0.05) is 30.9 Å². The summed E-state index contributed by atoms with van der Waals surface area (Å²) in [5, 5.41) is 11.3. The van der Waals surface area contributed by atoms with E-state index in [0.29, 0.717) is 25.1 Å². The van der Waals surface area contributed by atoms with Crippen molar-refractivity contribution in [2.75, 3.05) is 0 Å². The van der Waals surface area contributed by atoms with E-state index in [9.17, 15) is 9.59 Å². The van der Waals surface area contributed by atoms with Crippen molar-refractivity contribution in [1.29, 1.82) is 0 Å². The van der Waals surface area contributed by atoms with E-state index in [0.717, 1.165) is 22.4 Å². The third-order valence-corrected chi connectivity index (χ3v) is 5.51. The van der Waals surface area contributed by atoms with Crippen LogP contribution in [-0.2, 0) is 11.2 Å². The molecule has 4 aromatic rings. The van der Waals surface area contributed by atoms with Crippen molar-refractivity contribution in [1.82, 2.24) is 24.5 Å². The summed E-state index contributed by atoms with van der Waals surface area (Å²) in [6, 6.07) is 15.8. The summed E-state index contributed by atoms with van der Waals surface area (Å²) in [5.74, 6) is 0.668. The lowest BCUT2D eigenvalue weighted by molar-refractivity contribution is -0.121. The van der Waals surface area contributed by atoms with Crippen molar-refractivity contribution in [2.24, 2.45) is 0 Å². The molecular formula is C25H27N5O2. The van der Waals surface area contributed by atoms with Gasteiger partial charge in [0.05, 0.1) is 6.04 Å². The molecule has 0 saturated heterocycles. The van der Waals surface area contributed by atoms with E-state index in [1.807, 2.05) is 63.2 Å². The monoisotopic (exact) mass is 429 g/mol. The zero-order valence-electron chi connectivity index (χ0n) is 18.6. The Bertz CT molecular complexity index is 1290. The highest BCUT2D eigenvalue weighted by atomic mass is 16.1. The average Bonchev–Trinajstić information content (AvgIpc) is 3.18. The second kappa shape index (κ2) is 9.18. The number of nitrogens with one attached hydrogen (secondary N) is 1. The number of carbonyl (C=O) groups excluding carboxylic acids is 1. The Kier molecular flexibility index (Phi) is 6.16. The molecule has 0 unspecified atom stereocenters. The molecule has 1 amide bonds. The fourth-order valence-electron chi connectivity index (χ4n) is 3.94. The van der Waals surface area contributed by atoms with Crippen LogP contribution in [0.2, 0.25) is 0 Å². The average molecular weight is 430 g/mol. The smallest absolute Gasteiger partial charge is 0.300 e. The van der Waals surface area contributed by atoms with Gasteiger partial charge in [0.25, 0.3) is 0 Å². The number of aromatic nitrogens is 4. The summed E-state index contributed by atoms with van der Waals surface area (Å²) in [6.45, 7) is 5.98. The van der Waals surface area contributed by atoms with E-state index in [1.54, 1.807) is 21.4 Å². The Morgan fingerprint density at radius 3 is 2.47 bits per heavy atom. The SMILES string of the molecule is Cc1cc(C)cc(-n2ccn3c(CCCC(=O)N[C@@H](C)c4ccccc4)nnc3c2=O)c1. The molecule has 4 rings (SSSR count). The van der Waals surface area contributed by atoms with E-state index in [1.165, 1.54) is 0 Å². The van der Waals surface area contributed by atoms with Gasteiger partial charge in [-0.05, 0) is 56.0 Å². The first kappa shape index (κ1) is 21.5. The quantitative estimate of drug-likeness (QED) is 0.486. The van der Waals surface area contributed by atoms with Crippen molar-refractivity contribution >= 4 is 11.6 Å². The minimum atomic E-state index is -0.217. The summed E-state index contributed by atoms with van der Waals surface area (Å²) in [4.78, 5) is 25.3. The maximum atomic E-state index is 13.0. The van der Waals surface area contributed by atoms with Gasteiger partial charge < -0.3 is 5.32 Å². The van der Waals surface area contributed by atoms with Gasteiger partial charge in [-0.3, -0.25) is 18.6 Å². The van der Waals surface area contributed by atoms with Crippen molar-refractivity contribution in [3.8, 4) is 5.69 Å². The molecular weight excluding hydrogens is 402 g/mol. The van der Waals surface area contributed by atoms with E-state index in [-0.39, 0.29) is 23.2 Å². The molecule has 0 aliphatic heterocycles. The van der Waals surface area contributed by atoms with Crippen LogP contribution in [0.1, 0.15) is 48.3 Å². The Balaban J connectivity index is 1.43. The van der Waals surface area contributed by atoms with E-state index in [2.05, 4.69) is 21.6 Å². The summed E-state index contributed by atoms with van der Waals surface area (Å²) in [7, 11) is 0. The third kappa shape index (κ3) is 4.61. The Hall–Kier alpha value is -3.74. The Morgan fingerprint density at radius 1 is 1.03 bits per heavy atom. The fourth-order valence-corrected chi connectivity index (χ4v) is 3.94. The number of carbonyl (C=O) groups is 1. The lowest BCUT2D eigenvalue weighted by atomic mass is 10.1. The van der Waals surface area contributed by atoms with Crippen molar-refractivity contribution < 1.29 is 4.79 Å². The largest absolute Gasteiger partial charge is 0.350 e. The van der Waals surface area contributed by atoms with E-state index < -0.39 is 0 Å². The number of rotatable bonds is 7. The molecule has 0 radical (unpaired) electrons. The number of hydrogen-bond donors (Lipinski definition) is 1. The number of amides is 1. The van der Waals surface area contributed by atoms with Crippen LogP contribution >= 0.6 is 0 Å². The molecule has 7 heteroatoms. The first-order valence-electron chi connectivity index (χ1n) is 10.8. The van der Waals surface area contributed by atoms with E-state index >= 15 is 0 Å². The van der Waals surface area contributed by atoms with Crippen molar-refractivity contribution in [2.45, 2.75) is 46.1 Å². The molecule has 2 aromatic heterocycles. The van der Waals surface area contributed by atoms with Gasteiger partial charge in [0.2, 0.25) is 11.6 Å². The van der Waals surface area contributed by atoms with Gasteiger partial charge in [-0.2, -0.15) is 0 Å². The van der Waals surface area contributed by atoms with Crippen LogP contribution in [0.3, 0.4) is 0 Å². The van der Waals surface area contributed by atoms with Crippen LogP contribution in [0.15, 0.2) is 65.7 Å². The summed E-state index contributed by atoms with van der Waals surface area (Å²) < 4.78 is 3.30.